The van der Waals surface area contributed by atoms with Gasteiger partial charge in [-0.15, -0.1) is 0 Å². The first kappa shape index (κ1) is 14.4. The average molecular weight is 217 g/mol. The third-order valence-electron chi connectivity index (χ3n) is 2.09. The van der Waals surface area contributed by atoms with Crippen LogP contribution in [0.1, 0.15) is 27.2 Å². The number of hydrogen-bond acceptors (Lipinski definition) is 3. The molecule has 0 aromatic carbocycles. The molecular formula is C11H23NO3. The third-order valence-corrected chi connectivity index (χ3v) is 2.09. The first-order valence-corrected chi connectivity index (χ1v) is 5.54. The second kappa shape index (κ2) is 8.68. The fraction of sp³-hybridized carbons (Fsp3) is 0.909. The van der Waals surface area contributed by atoms with E-state index >= 15 is 0 Å². The number of ether oxygens (including phenoxy) is 1. The summed E-state index contributed by atoms with van der Waals surface area (Å²) in [6.45, 7) is 7.69. The molecule has 0 bridgehead atoms. The van der Waals surface area contributed by atoms with Crippen LogP contribution in [0.3, 0.4) is 0 Å². The second-order valence-corrected chi connectivity index (χ2v) is 4.14. The van der Waals surface area contributed by atoms with E-state index in [1.807, 2.05) is 20.8 Å². The molecular weight excluding hydrogens is 194 g/mol. The van der Waals surface area contributed by atoms with Crippen molar-refractivity contribution in [2.75, 3.05) is 26.4 Å². The average Bonchev–Trinajstić information content (AvgIpc) is 2.17. The summed E-state index contributed by atoms with van der Waals surface area (Å²) in [5.74, 6) is 0.455. The number of hydrogen-bond donors (Lipinski definition) is 2. The molecule has 2 N–H and O–H groups in total. The molecule has 15 heavy (non-hydrogen) atoms. The van der Waals surface area contributed by atoms with Gasteiger partial charge in [-0.05, 0) is 12.3 Å². The molecule has 0 spiro atoms. The normalized spacial score (nSPS) is 12.9. The Morgan fingerprint density at radius 2 is 2.07 bits per heavy atom. The van der Waals surface area contributed by atoms with Gasteiger partial charge < -0.3 is 15.2 Å². The molecule has 0 saturated heterocycles. The highest BCUT2D eigenvalue weighted by Gasteiger charge is 2.05. The minimum Gasteiger partial charge on any atom is -0.396 e. The van der Waals surface area contributed by atoms with Crippen molar-refractivity contribution < 1.29 is 14.6 Å². The van der Waals surface area contributed by atoms with Gasteiger partial charge >= 0.3 is 0 Å². The number of aliphatic hydroxyl groups is 1. The maximum absolute atomic E-state index is 11.1. The lowest BCUT2D eigenvalue weighted by atomic mass is 10.1. The molecule has 0 aliphatic carbocycles. The van der Waals surface area contributed by atoms with Gasteiger partial charge in [-0.25, -0.2) is 0 Å². The van der Waals surface area contributed by atoms with E-state index in [0.717, 1.165) is 6.42 Å². The molecule has 0 rings (SSSR count). The van der Waals surface area contributed by atoms with Crippen molar-refractivity contribution in [3.8, 4) is 0 Å². The van der Waals surface area contributed by atoms with Crippen LogP contribution in [0.4, 0.5) is 0 Å². The van der Waals surface area contributed by atoms with Crippen LogP contribution in [0.15, 0.2) is 0 Å². The molecule has 0 aliphatic rings. The highest BCUT2D eigenvalue weighted by Crippen LogP contribution is 2.00. The van der Waals surface area contributed by atoms with Gasteiger partial charge in [0.25, 0.3) is 0 Å². The maximum Gasteiger partial charge on any atom is 0.222 e. The monoisotopic (exact) mass is 217 g/mol. The minimum absolute atomic E-state index is 0.0262. The minimum atomic E-state index is 0.0262. The van der Waals surface area contributed by atoms with Gasteiger partial charge in [-0.3, -0.25) is 4.79 Å². The van der Waals surface area contributed by atoms with Crippen molar-refractivity contribution in [2.24, 2.45) is 11.8 Å². The predicted octanol–water partition coefficient (Wildman–Crippen LogP) is 0.794. The van der Waals surface area contributed by atoms with Crippen molar-refractivity contribution in [3.05, 3.63) is 0 Å². The number of nitrogens with one attached hydrogen (secondary N) is 1. The van der Waals surface area contributed by atoms with E-state index in [1.165, 1.54) is 0 Å². The van der Waals surface area contributed by atoms with Crippen molar-refractivity contribution >= 4 is 5.91 Å². The van der Waals surface area contributed by atoms with Gasteiger partial charge in [-0.1, -0.05) is 20.8 Å². The van der Waals surface area contributed by atoms with Gasteiger partial charge in [0.2, 0.25) is 5.91 Å². The van der Waals surface area contributed by atoms with E-state index in [0.29, 0.717) is 25.7 Å². The van der Waals surface area contributed by atoms with Crippen LogP contribution in [0.2, 0.25) is 0 Å². The Morgan fingerprint density at radius 3 is 2.60 bits per heavy atom. The Balaban J connectivity index is 3.28. The van der Waals surface area contributed by atoms with Crippen LogP contribution in [-0.2, 0) is 9.53 Å². The van der Waals surface area contributed by atoms with Gasteiger partial charge in [-0.2, -0.15) is 0 Å². The van der Waals surface area contributed by atoms with Crippen LogP contribution < -0.4 is 5.32 Å². The predicted molar refractivity (Wildman–Crippen MR) is 59.5 cm³/mol. The van der Waals surface area contributed by atoms with E-state index in [2.05, 4.69) is 5.32 Å². The van der Waals surface area contributed by atoms with Crippen LogP contribution in [0, 0.1) is 11.8 Å². The summed E-state index contributed by atoms with van der Waals surface area (Å²) in [6.07, 6.45) is 0.762. The van der Waals surface area contributed by atoms with Crippen molar-refractivity contribution in [1.82, 2.24) is 5.32 Å². The molecule has 4 nitrogen and oxygen atoms in total. The summed E-state index contributed by atoms with van der Waals surface area (Å²) < 4.78 is 5.35. The lowest BCUT2D eigenvalue weighted by Gasteiger charge is -2.11. The summed E-state index contributed by atoms with van der Waals surface area (Å²) in [4.78, 5) is 11.1. The topological polar surface area (TPSA) is 58.6 Å². The lowest BCUT2D eigenvalue weighted by Crippen LogP contribution is -2.31. The first-order valence-electron chi connectivity index (χ1n) is 5.54. The number of aliphatic hydroxyl groups excluding tert-OH is 1. The summed E-state index contributed by atoms with van der Waals surface area (Å²) in [5, 5.41) is 11.4. The molecule has 1 unspecified atom stereocenters. The summed E-state index contributed by atoms with van der Waals surface area (Å²) in [5.41, 5.74) is 0. The van der Waals surface area contributed by atoms with Gasteiger partial charge in [0.15, 0.2) is 0 Å². The van der Waals surface area contributed by atoms with Gasteiger partial charge in [0.1, 0.15) is 0 Å². The van der Waals surface area contributed by atoms with Gasteiger partial charge in [0, 0.05) is 25.7 Å². The molecule has 90 valence electrons. The molecule has 0 aliphatic heterocycles. The Kier molecular flexibility index (Phi) is 8.33. The molecule has 0 heterocycles. The van der Waals surface area contributed by atoms with E-state index in [9.17, 15) is 4.79 Å². The summed E-state index contributed by atoms with van der Waals surface area (Å²) in [7, 11) is 0. The molecule has 0 radical (unpaired) electrons. The number of amides is 1. The second-order valence-electron chi connectivity index (χ2n) is 4.14. The first-order chi connectivity index (χ1) is 7.07. The quantitative estimate of drug-likeness (QED) is 0.591. The molecule has 0 fully saturated rings. The summed E-state index contributed by atoms with van der Waals surface area (Å²) >= 11 is 0. The zero-order valence-electron chi connectivity index (χ0n) is 9.95. The standard InChI is InChI=1S/C11H23NO3/c1-9(2)11(14)12-5-7-15-8-10(3)4-6-13/h9-10,13H,4-8H2,1-3H3,(H,12,14). The Bertz CT molecular complexity index is 171. The third kappa shape index (κ3) is 8.39. The molecule has 0 saturated carbocycles. The molecule has 1 amide bonds. The van der Waals surface area contributed by atoms with Crippen molar-refractivity contribution in [2.45, 2.75) is 27.2 Å². The SMILES string of the molecule is CC(CCO)COCCNC(=O)C(C)C. The van der Waals surface area contributed by atoms with Crippen molar-refractivity contribution in [3.63, 3.8) is 0 Å². The number of carbonyl (C=O) groups excluding carboxylic acids is 1. The smallest absolute Gasteiger partial charge is 0.222 e. The Labute approximate surface area is 92.0 Å². The molecule has 1 atom stereocenters. The zero-order chi connectivity index (χ0) is 11.7. The molecule has 4 heteroatoms. The van der Waals surface area contributed by atoms with Crippen LogP contribution >= 0.6 is 0 Å². The number of carbonyl (C=O) groups is 1. The van der Waals surface area contributed by atoms with E-state index < -0.39 is 0 Å². The Morgan fingerprint density at radius 1 is 1.40 bits per heavy atom. The highest BCUT2D eigenvalue weighted by atomic mass is 16.5. The Hall–Kier alpha value is -0.610. The van der Waals surface area contributed by atoms with Crippen LogP contribution in [-0.4, -0.2) is 37.4 Å². The number of rotatable bonds is 8. The largest absolute Gasteiger partial charge is 0.396 e. The highest BCUT2D eigenvalue weighted by molar-refractivity contribution is 5.77. The van der Waals surface area contributed by atoms with Crippen molar-refractivity contribution in [1.29, 1.82) is 0 Å². The molecule has 0 aromatic rings. The fourth-order valence-electron chi connectivity index (χ4n) is 1.04. The lowest BCUT2D eigenvalue weighted by molar-refractivity contribution is -0.124. The fourth-order valence-corrected chi connectivity index (χ4v) is 1.04. The molecule has 0 aromatic heterocycles. The zero-order valence-corrected chi connectivity index (χ0v) is 9.95. The van der Waals surface area contributed by atoms with E-state index in [-0.39, 0.29) is 18.4 Å². The maximum atomic E-state index is 11.1. The van der Waals surface area contributed by atoms with Crippen LogP contribution in [0.5, 0.6) is 0 Å². The van der Waals surface area contributed by atoms with Gasteiger partial charge in [0.05, 0.1) is 6.61 Å². The van der Waals surface area contributed by atoms with E-state index in [1.54, 1.807) is 0 Å². The van der Waals surface area contributed by atoms with Crippen LogP contribution in [0.25, 0.3) is 0 Å². The van der Waals surface area contributed by atoms with E-state index in [4.69, 9.17) is 9.84 Å². The summed E-state index contributed by atoms with van der Waals surface area (Å²) in [6, 6.07) is 0.